The summed E-state index contributed by atoms with van der Waals surface area (Å²) in [6, 6.07) is 12.1. The summed E-state index contributed by atoms with van der Waals surface area (Å²) in [7, 11) is 0. The van der Waals surface area contributed by atoms with Crippen molar-refractivity contribution in [1.29, 1.82) is 5.26 Å². The van der Waals surface area contributed by atoms with Crippen LogP contribution in [0.15, 0.2) is 48.9 Å². The highest BCUT2D eigenvalue weighted by Crippen LogP contribution is 2.18. The molecule has 2 heterocycles. The highest BCUT2D eigenvalue weighted by atomic mass is 15.0. The van der Waals surface area contributed by atoms with E-state index in [2.05, 4.69) is 21.7 Å². The van der Waals surface area contributed by atoms with Crippen LogP contribution in [0.2, 0.25) is 0 Å². The fourth-order valence-corrected chi connectivity index (χ4v) is 2.31. The minimum Gasteiger partial charge on any atom is -0.343 e. The Kier molecular flexibility index (Phi) is 2.77. The van der Waals surface area contributed by atoms with E-state index in [9.17, 15) is 0 Å². The molecule has 3 rings (SSSR count). The van der Waals surface area contributed by atoms with Crippen LogP contribution in [0.25, 0.3) is 10.9 Å². The summed E-state index contributed by atoms with van der Waals surface area (Å²) in [5.41, 5.74) is 4.19. The molecule has 92 valence electrons. The van der Waals surface area contributed by atoms with Crippen molar-refractivity contribution in [2.24, 2.45) is 0 Å². The summed E-state index contributed by atoms with van der Waals surface area (Å²) in [6.45, 7) is 2.84. The molecule has 0 unspecified atom stereocenters. The molecule has 0 radical (unpaired) electrons. The van der Waals surface area contributed by atoms with Crippen LogP contribution in [0.1, 0.15) is 16.7 Å². The zero-order chi connectivity index (χ0) is 13.2. The van der Waals surface area contributed by atoms with Gasteiger partial charge in [0.05, 0.1) is 11.6 Å². The molecule has 0 fully saturated rings. The largest absolute Gasteiger partial charge is 0.343 e. The van der Waals surface area contributed by atoms with Crippen molar-refractivity contribution in [3.05, 3.63) is 65.6 Å². The highest BCUT2D eigenvalue weighted by Gasteiger charge is 2.03. The Morgan fingerprint density at radius 3 is 2.89 bits per heavy atom. The standard InChI is InChI=1S/C16H13N3/c1-12-6-14(10-18-9-12)11-19-5-4-15-7-13(8-17)2-3-16(15)19/h2-7,9-10H,11H2,1H3. The fourth-order valence-electron chi connectivity index (χ4n) is 2.31. The molecule has 0 aliphatic carbocycles. The van der Waals surface area contributed by atoms with Gasteiger partial charge in [0.2, 0.25) is 0 Å². The number of nitriles is 1. The van der Waals surface area contributed by atoms with Gasteiger partial charge in [0.15, 0.2) is 0 Å². The number of pyridine rings is 1. The molecule has 0 saturated carbocycles. The molecule has 0 saturated heterocycles. The third-order valence-electron chi connectivity index (χ3n) is 3.18. The molecular weight excluding hydrogens is 234 g/mol. The van der Waals surface area contributed by atoms with E-state index in [1.165, 1.54) is 11.1 Å². The molecule has 0 aliphatic heterocycles. The first-order valence-electron chi connectivity index (χ1n) is 6.16. The van der Waals surface area contributed by atoms with Crippen molar-refractivity contribution in [1.82, 2.24) is 9.55 Å². The van der Waals surface area contributed by atoms with Gasteiger partial charge in [-0.25, -0.2) is 0 Å². The van der Waals surface area contributed by atoms with E-state index in [0.29, 0.717) is 5.56 Å². The third kappa shape index (κ3) is 2.21. The van der Waals surface area contributed by atoms with Crippen LogP contribution in [-0.2, 0) is 6.54 Å². The van der Waals surface area contributed by atoms with Crippen LogP contribution in [0.4, 0.5) is 0 Å². The van der Waals surface area contributed by atoms with Crippen LogP contribution in [0.3, 0.4) is 0 Å². The van der Waals surface area contributed by atoms with Crippen molar-refractivity contribution in [3.63, 3.8) is 0 Å². The molecule has 0 spiro atoms. The number of fused-ring (bicyclic) bond motifs is 1. The lowest BCUT2D eigenvalue weighted by molar-refractivity contribution is 0.830. The van der Waals surface area contributed by atoms with Crippen molar-refractivity contribution in [2.45, 2.75) is 13.5 Å². The number of aromatic nitrogens is 2. The Bertz CT molecular complexity index is 778. The Morgan fingerprint density at radius 2 is 2.11 bits per heavy atom. The van der Waals surface area contributed by atoms with Gasteiger partial charge in [0.25, 0.3) is 0 Å². The first kappa shape index (κ1) is 11.5. The van der Waals surface area contributed by atoms with Crippen molar-refractivity contribution < 1.29 is 0 Å². The van der Waals surface area contributed by atoms with Gasteiger partial charge in [-0.05, 0) is 42.3 Å². The van der Waals surface area contributed by atoms with Gasteiger partial charge < -0.3 is 4.57 Å². The normalized spacial score (nSPS) is 10.5. The van der Waals surface area contributed by atoms with Gasteiger partial charge >= 0.3 is 0 Å². The summed E-state index contributed by atoms with van der Waals surface area (Å²) in [5.74, 6) is 0. The molecule has 3 aromatic rings. The van der Waals surface area contributed by atoms with E-state index in [4.69, 9.17) is 5.26 Å². The minimum atomic E-state index is 0.697. The Hall–Kier alpha value is -2.60. The number of nitrogens with zero attached hydrogens (tertiary/aromatic N) is 3. The van der Waals surface area contributed by atoms with Crippen molar-refractivity contribution in [2.75, 3.05) is 0 Å². The second kappa shape index (κ2) is 4.58. The lowest BCUT2D eigenvalue weighted by Crippen LogP contribution is -1.98. The lowest BCUT2D eigenvalue weighted by Gasteiger charge is -2.06. The first-order chi connectivity index (χ1) is 9.26. The van der Waals surface area contributed by atoms with Gasteiger partial charge in [-0.3, -0.25) is 4.98 Å². The molecule has 0 bridgehead atoms. The van der Waals surface area contributed by atoms with E-state index in [-0.39, 0.29) is 0 Å². The predicted molar refractivity (Wildman–Crippen MR) is 74.7 cm³/mol. The Morgan fingerprint density at radius 1 is 1.21 bits per heavy atom. The number of aryl methyl sites for hydroxylation is 1. The molecule has 3 nitrogen and oxygen atoms in total. The van der Waals surface area contributed by atoms with Crippen molar-refractivity contribution in [3.8, 4) is 6.07 Å². The predicted octanol–water partition coefficient (Wildman–Crippen LogP) is 3.26. The number of hydrogen-bond donors (Lipinski definition) is 0. The topological polar surface area (TPSA) is 41.6 Å². The van der Waals surface area contributed by atoms with E-state index in [1.807, 2.05) is 49.8 Å². The van der Waals surface area contributed by atoms with Crippen LogP contribution in [-0.4, -0.2) is 9.55 Å². The average molecular weight is 247 g/mol. The highest BCUT2D eigenvalue weighted by molar-refractivity contribution is 5.81. The smallest absolute Gasteiger partial charge is 0.0991 e. The second-order valence-electron chi connectivity index (χ2n) is 4.70. The SMILES string of the molecule is Cc1cncc(Cn2ccc3cc(C#N)ccc32)c1. The number of hydrogen-bond acceptors (Lipinski definition) is 2. The summed E-state index contributed by atoms with van der Waals surface area (Å²) in [6.07, 6.45) is 5.80. The average Bonchev–Trinajstić information content (AvgIpc) is 2.81. The van der Waals surface area contributed by atoms with Gasteiger partial charge in [-0.1, -0.05) is 6.07 Å². The van der Waals surface area contributed by atoms with Crippen molar-refractivity contribution >= 4 is 10.9 Å². The summed E-state index contributed by atoms with van der Waals surface area (Å²) >= 11 is 0. The summed E-state index contributed by atoms with van der Waals surface area (Å²) in [5, 5.41) is 10.0. The maximum absolute atomic E-state index is 8.90. The summed E-state index contributed by atoms with van der Waals surface area (Å²) < 4.78 is 2.17. The Labute approximate surface area is 111 Å². The maximum atomic E-state index is 8.90. The molecule has 1 aromatic carbocycles. The van der Waals surface area contributed by atoms with Gasteiger partial charge in [0, 0.05) is 36.0 Å². The summed E-state index contributed by atoms with van der Waals surface area (Å²) in [4.78, 5) is 4.22. The quantitative estimate of drug-likeness (QED) is 0.697. The molecular formula is C16H13N3. The second-order valence-corrected chi connectivity index (χ2v) is 4.70. The first-order valence-corrected chi connectivity index (χ1v) is 6.16. The van der Waals surface area contributed by atoms with Crippen LogP contribution in [0, 0.1) is 18.3 Å². The zero-order valence-corrected chi connectivity index (χ0v) is 10.7. The van der Waals surface area contributed by atoms with E-state index in [1.54, 1.807) is 0 Å². The van der Waals surface area contributed by atoms with E-state index < -0.39 is 0 Å². The van der Waals surface area contributed by atoms with Gasteiger partial charge in [-0.15, -0.1) is 0 Å². The minimum absolute atomic E-state index is 0.697. The zero-order valence-electron chi connectivity index (χ0n) is 10.7. The number of benzene rings is 1. The van der Waals surface area contributed by atoms with Gasteiger partial charge in [-0.2, -0.15) is 5.26 Å². The molecule has 3 heteroatoms. The monoisotopic (exact) mass is 247 g/mol. The third-order valence-corrected chi connectivity index (χ3v) is 3.18. The maximum Gasteiger partial charge on any atom is 0.0991 e. The molecule has 0 aliphatic rings. The van der Waals surface area contributed by atoms with E-state index in [0.717, 1.165) is 17.4 Å². The molecule has 0 N–H and O–H groups in total. The van der Waals surface area contributed by atoms with E-state index >= 15 is 0 Å². The molecule has 0 atom stereocenters. The van der Waals surface area contributed by atoms with Gasteiger partial charge in [0.1, 0.15) is 0 Å². The molecule has 0 amide bonds. The molecule has 19 heavy (non-hydrogen) atoms. The number of rotatable bonds is 2. The lowest BCUT2D eigenvalue weighted by atomic mass is 10.2. The van der Waals surface area contributed by atoms with Crippen LogP contribution >= 0.6 is 0 Å². The van der Waals surface area contributed by atoms with Crippen LogP contribution in [0.5, 0.6) is 0 Å². The Balaban J connectivity index is 2.00. The molecule has 2 aromatic heterocycles. The fraction of sp³-hybridized carbons (Fsp3) is 0.125. The van der Waals surface area contributed by atoms with Crippen LogP contribution < -0.4 is 0 Å².